The van der Waals surface area contributed by atoms with Crippen LogP contribution in [0.15, 0.2) is 36.5 Å². The summed E-state index contributed by atoms with van der Waals surface area (Å²) < 4.78 is 20.4. The van der Waals surface area contributed by atoms with Gasteiger partial charge in [0.15, 0.2) is 0 Å². The van der Waals surface area contributed by atoms with Gasteiger partial charge in [-0.2, -0.15) is 0 Å². The Morgan fingerprint density at radius 2 is 2.07 bits per heavy atom. The Morgan fingerprint density at radius 3 is 2.78 bits per heavy atom. The summed E-state index contributed by atoms with van der Waals surface area (Å²) in [7, 11) is 1.59. The number of hydrogen-bond acceptors (Lipinski definition) is 5. The average Bonchev–Trinajstić information content (AvgIpc) is 3.28. The summed E-state index contributed by atoms with van der Waals surface area (Å²) in [6, 6.07) is 8.34. The fraction of sp³-hybridized carbons (Fsp3) is 0.316. The first-order valence-electron chi connectivity index (χ1n) is 8.69. The average molecular weight is 388 g/mol. The summed E-state index contributed by atoms with van der Waals surface area (Å²) in [5.74, 6) is 2.00. The molecule has 0 radical (unpaired) electrons. The van der Waals surface area contributed by atoms with Crippen molar-refractivity contribution in [2.75, 3.05) is 25.1 Å². The summed E-state index contributed by atoms with van der Waals surface area (Å²) in [4.78, 5) is 6.45. The van der Waals surface area contributed by atoms with E-state index in [2.05, 4.69) is 20.1 Å². The van der Waals surface area contributed by atoms with Crippen LogP contribution in [0.5, 0.6) is 5.88 Å². The lowest BCUT2D eigenvalue weighted by molar-refractivity contribution is 0.398. The second-order valence-corrected chi connectivity index (χ2v) is 6.95. The molecule has 6 nitrogen and oxygen atoms in total. The van der Waals surface area contributed by atoms with Gasteiger partial charge in [-0.15, -0.1) is 10.2 Å². The highest BCUT2D eigenvalue weighted by Gasteiger charge is 2.29. The van der Waals surface area contributed by atoms with Crippen LogP contribution in [0.25, 0.3) is 5.69 Å². The van der Waals surface area contributed by atoms with Gasteiger partial charge in [-0.3, -0.25) is 4.57 Å². The van der Waals surface area contributed by atoms with Crippen molar-refractivity contribution < 1.29 is 9.13 Å². The van der Waals surface area contributed by atoms with Gasteiger partial charge in [0.2, 0.25) is 11.8 Å². The second kappa shape index (κ2) is 7.15. The van der Waals surface area contributed by atoms with E-state index in [-0.39, 0.29) is 11.7 Å². The van der Waals surface area contributed by atoms with Crippen molar-refractivity contribution in [3.8, 4) is 11.6 Å². The van der Waals surface area contributed by atoms with Crippen molar-refractivity contribution in [2.24, 2.45) is 0 Å². The van der Waals surface area contributed by atoms with Gasteiger partial charge in [0, 0.05) is 30.1 Å². The van der Waals surface area contributed by atoms with E-state index >= 15 is 0 Å². The van der Waals surface area contributed by atoms with Crippen molar-refractivity contribution in [1.82, 2.24) is 19.7 Å². The second-order valence-electron chi connectivity index (χ2n) is 6.54. The molecule has 1 aromatic carbocycles. The number of aryl methyl sites for hydroxylation is 1. The van der Waals surface area contributed by atoms with E-state index in [1.807, 2.05) is 23.6 Å². The third-order valence-electron chi connectivity index (χ3n) is 4.87. The third-order valence-corrected chi connectivity index (χ3v) is 5.20. The molecule has 1 atom stereocenters. The molecule has 1 unspecified atom stereocenters. The number of benzene rings is 1. The highest BCUT2D eigenvalue weighted by atomic mass is 35.5. The maximum Gasteiger partial charge on any atom is 0.231 e. The zero-order chi connectivity index (χ0) is 19.0. The third kappa shape index (κ3) is 3.35. The van der Waals surface area contributed by atoms with E-state index < -0.39 is 0 Å². The number of hydrogen-bond donors (Lipinski definition) is 0. The largest absolute Gasteiger partial charge is 0.481 e. The first-order chi connectivity index (χ1) is 13.1. The van der Waals surface area contributed by atoms with Crippen molar-refractivity contribution >= 4 is 17.5 Å². The minimum atomic E-state index is -0.319. The van der Waals surface area contributed by atoms with Crippen LogP contribution in [0, 0.1) is 12.7 Å². The van der Waals surface area contributed by atoms with Crippen LogP contribution >= 0.6 is 11.6 Å². The Kier molecular flexibility index (Phi) is 4.70. The van der Waals surface area contributed by atoms with Crippen LogP contribution in [-0.2, 0) is 0 Å². The molecule has 2 aromatic heterocycles. The number of nitrogens with zero attached hydrogens (tertiary/aromatic N) is 5. The summed E-state index contributed by atoms with van der Waals surface area (Å²) in [5, 5.41) is 9.08. The topological polar surface area (TPSA) is 56.1 Å². The summed E-state index contributed by atoms with van der Waals surface area (Å²) in [6.45, 7) is 3.47. The monoisotopic (exact) mass is 387 g/mol. The number of rotatable bonds is 4. The molecule has 0 N–H and O–H groups in total. The molecule has 0 saturated carbocycles. The van der Waals surface area contributed by atoms with Gasteiger partial charge in [-0.25, -0.2) is 9.37 Å². The number of aromatic nitrogens is 4. The van der Waals surface area contributed by atoms with E-state index in [0.717, 1.165) is 42.5 Å². The van der Waals surface area contributed by atoms with Crippen LogP contribution in [-0.4, -0.2) is 39.9 Å². The number of ether oxygens (including phenoxy) is 1. The van der Waals surface area contributed by atoms with Crippen molar-refractivity contribution in [1.29, 1.82) is 0 Å². The molecule has 4 rings (SSSR count). The smallest absolute Gasteiger partial charge is 0.231 e. The molecular formula is C19H19ClFN5O. The van der Waals surface area contributed by atoms with Gasteiger partial charge in [0.25, 0.3) is 0 Å². The SMILES string of the molecule is COc1ccc(-n2c(C)nnc2N2CCC(c3ccc(F)cc3Cl)C2)cn1. The van der Waals surface area contributed by atoms with Gasteiger partial charge in [0.05, 0.1) is 19.0 Å². The van der Waals surface area contributed by atoms with Crippen LogP contribution in [0.4, 0.5) is 10.3 Å². The lowest BCUT2D eigenvalue weighted by Crippen LogP contribution is -2.23. The summed E-state index contributed by atoms with van der Waals surface area (Å²) >= 11 is 6.25. The molecule has 8 heteroatoms. The van der Waals surface area contributed by atoms with Crippen LogP contribution < -0.4 is 9.64 Å². The normalized spacial score (nSPS) is 16.7. The quantitative estimate of drug-likeness (QED) is 0.682. The molecule has 140 valence electrons. The molecule has 0 spiro atoms. The summed E-state index contributed by atoms with van der Waals surface area (Å²) in [6.07, 6.45) is 2.65. The van der Waals surface area contributed by atoms with Gasteiger partial charge < -0.3 is 9.64 Å². The van der Waals surface area contributed by atoms with Gasteiger partial charge in [0.1, 0.15) is 11.6 Å². The molecule has 1 saturated heterocycles. The van der Waals surface area contributed by atoms with E-state index in [1.165, 1.54) is 12.1 Å². The Morgan fingerprint density at radius 1 is 1.22 bits per heavy atom. The summed E-state index contributed by atoms with van der Waals surface area (Å²) in [5.41, 5.74) is 1.84. The standard InChI is InChI=1S/C19H19ClFN5O/c1-12-23-24-19(26(12)15-4-6-18(27-2)22-10-15)25-8-7-13(11-25)16-5-3-14(21)9-17(16)20/h3-6,9-10,13H,7-8,11H2,1-2H3. The Balaban J connectivity index is 1.61. The van der Waals surface area contributed by atoms with Crippen molar-refractivity contribution in [2.45, 2.75) is 19.3 Å². The molecule has 0 aliphatic carbocycles. The number of methoxy groups -OCH3 is 1. The minimum Gasteiger partial charge on any atom is -0.481 e. The molecule has 0 bridgehead atoms. The first-order valence-corrected chi connectivity index (χ1v) is 9.07. The minimum absolute atomic E-state index is 0.220. The van der Waals surface area contributed by atoms with Crippen molar-refractivity contribution in [3.63, 3.8) is 0 Å². The van der Waals surface area contributed by atoms with E-state index in [0.29, 0.717) is 10.9 Å². The number of anilines is 1. The predicted molar refractivity (Wildman–Crippen MR) is 101 cm³/mol. The van der Waals surface area contributed by atoms with Gasteiger partial charge in [-0.1, -0.05) is 17.7 Å². The molecule has 1 aliphatic rings. The fourth-order valence-corrected chi connectivity index (χ4v) is 3.83. The molecule has 1 fully saturated rings. The molecular weight excluding hydrogens is 369 g/mol. The highest BCUT2D eigenvalue weighted by Crippen LogP contribution is 2.35. The predicted octanol–water partition coefficient (Wildman–Crippen LogP) is 3.77. The molecule has 3 heterocycles. The lowest BCUT2D eigenvalue weighted by Gasteiger charge is -2.19. The maximum atomic E-state index is 13.3. The van der Waals surface area contributed by atoms with E-state index in [1.54, 1.807) is 19.4 Å². The lowest BCUT2D eigenvalue weighted by atomic mass is 9.98. The van der Waals surface area contributed by atoms with Crippen molar-refractivity contribution in [3.05, 3.63) is 58.8 Å². The number of halogens is 2. The van der Waals surface area contributed by atoms with E-state index in [9.17, 15) is 4.39 Å². The zero-order valence-electron chi connectivity index (χ0n) is 15.1. The zero-order valence-corrected chi connectivity index (χ0v) is 15.8. The molecule has 1 aliphatic heterocycles. The molecule has 27 heavy (non-hydrogen) atoms. The molecule has 0 amide bonds. The Hall–Kier alpha value is -2.67. The van der Waals surface area contributed by atoms with Crippen LogP contribution in [0.1, 0.15) is 23.7 Å². The molecule has 3 aromatic rings. The van der Waals surface area contributed by atoms with Crippen LogP contribution in [0.3, 0.4) is 0 Å². The number of pyridine rings is 1. The maximum absolute atomic E-state index is 13.3. The van der Waals surface area contributed by atoms with Gasteiger partial charge >= 0.3 is 0 Å². The first kappa shape index (κ1) is 17.7. The van der Waals surface area contributed by atoms with Gasteiger partial charge in [-0.05, 0) is 37.1 Å². The highest BCUT2D eigenvalue weighted by molar-refractivity contribution is 6.31. The Labute approximate surface area is 161 Å². The fourth-order valence-electron chi connectivity index (χ4n) is 3.51. The Bertz CT molecular complexity index is 959. The van der Waals surface area contributed by atoms with E-state index in [4.69, 9.17) is 16.3 Å². The van der Waals surface area contributed by atoms with Crippen LogP contribution in [0.2, 0.25) is 5.02 Å².